The predicted octanol–water partition coefficient (Wildman–Crippen LogP) is 4.23. The van der Waals surface area contributed by atoms with E-state index in [1.54, 1.807) is 18.7 Å². The molecule has 0 saturated heterocycles. The monoisotopic (exact) mass is 629 g/mol. The molecule has 10 nitrogen and oxygen atoms in total. The van der Waals surface area contributed by atoms with Crippen LogP contribution < -0.4 is 10.9 Å². The SMILES string of the molecule is CC(C)[Si](C#Cc1cc(=O)n(C2CCC(NC(=O)CCC(=O)N(C)C)CC2)c2nc(S(C)(=O)=O)ncc12)(C(C)C)C(C)C. The first-order valence-electron chi connectivity index (χ1n) is 15.1. The lowest BCUT2D eigenvalue weighted by Crippen LogP contribution is -2.43. The zero-order valence-electron chi connectivity index (χ0n) is 27.0. The second kappa shape index (κ2) is 13.7. The molecule has 236 valence electrons. The number of carbonyl (C=O) groups excluding carboxylic acids is 2. The molecule has 0 atom stereocenters. The molecule has 1 aliphatic rings. The summed E-state index contributed by atoms with van der Waals surface area (Å²) >= 11 is 0. The Bertz CT molecular complexity index is 1560. The first-order chi connectivity index (χ1) is 20.0. The summed E-state index contributed by atoms with van der Waals surface area (Å²) in [7, 11) is -2.50. The molecular weight excluding hydrogens is 583 g/mol. The smallest absolute Gasteiger partial charge is 0.253 e. The van der Waals surface area contributed by atoms with Crippen LogP contribution in [0.5, 0.6) is 0 Å². The summed E-state index contributed by atoms with van der Waals surface area (Å²) in [6.07, 6.45) is 5.29. The third-order valence-electron chi connectivity index (χ3n) is 8.87. The molecule has 1 fully saturated rings. The maximum absolute atomic E-state index is 13.7. The van der Waals surface area contributed by atoms with Crippen LogP contribution in [0.25, 0.3) is 11.0 Å². The van der Waals surface area contributed by atoms with E-state index in [4.69, 9.17) is 0 Å². The van der Waals surface area contributed by atoms with Crippen molar-refractivity contribution in [2.24, 2.45) is 0 Å². The highest BCUT2D eigenvalue weighted by atomic mass is 32.2. The standard InChI is InChI=1S/C31H47N5O5SSi/c1-20(2)43(21(3)4,22(5)6)17-16-23-18-29(39)36(30-26(23)19-32-31(34-30)42(9,40)41)25-12-10-24(11-13-25)33-27(37)14-15-28(38)35(7)8/h18-22,24-25H,10-15H2,1-9H3,(H,33,37). The molecule has 1 N–H and O–H groups in total. The van der Waals surface area contributed by atoms with Crippen molar-refractivity contribution in [1.82, 2.24) is 24.8 Å². The van der Waals surface area contributed by atoms with Crippen molar-refractivity contribution < 1.29 is 18.0 Å². The number of aromatic nitrogens is 3. The minimum Gasteiger partial charge on any atom is -0.353 e. The van der Waals surface area contributed by atoms with Gasteiger partial charge in [-0.3, -0.25) is 19.0 Å². The molecular formula is C31H47N5O5SSi. The second-order valence-corrected chi connectivity index (χ2v) is 20.4. The van der Waals surface area contributed by atoms with E-state index in [1.807, 2.05) is 0 Å². The van der Waals surface area contributed by atoms with Crippen LogP contribution in [-0.2, 0) is 19.4 Å². The second-order valence-electron chi connectivity index (χ2n) is 12.9. The number of amides is 2. The van der Waals surface area contributed by atoms with Gasteiger partial charge in [-0.15, -0.1) is 5.54 Å². The minimum atomic E-state index is -3.72. The van der Waals surface area contributed by atoms with Crippen molar-refractivity contribution in [3.05, 3.63) is 28.2 Å². The van der Waals surface area contributed by atoms with Crippen LogP contribution in [0.3, 0.4) is 0 Å². The maximum atomic E-state index is 13.7. The summed E-state index contributed by atoms with van der Waals surface area (Å²) in [4.78, 5) is 48.0. The van der Waals surface area contributed by atoms with Crippen LogP contribution in [0, 0.1) is 11.5 Å². The zero-order valence-corrected chi connectivity index (χ0v) is 28.8. The molecule has 1 saturated carbocycles. The van der Waals surface area contributed by atoms with E-state index in [-0.39, 0.29) is 53.1 Å². The Morgan fingerprint density at radius 1 is 1.05 bits per heavy atom. The lowest BCUT2D eigenvalue weighted by Gasteiger charge is -2.38. The summed E-state index contributed by atoms with van der Waals surface area (Å²) in [5, 5.41) is 3.24. The van der Waals surface area contributed by atoms with E-state index in [0.717, 1.165) is 6.26 Å². The summed E-state index contributed by atoms with van der Waals surface area (Å²) in [5.74, 6) is 3.09. The summed E-state index contributed by atoms with van der Waals surface area (Å²) in [6, 6.07) is 1.25. The van der Waals surface area contributed by atoms with Crippen LogP contribution in [0.4, 0.5) is 0 Å². The van der Waals surface area contributed by atoms with Gasteiger partial charge in [0.1, 0.15) is 13.7 Å². The Hall–Kier alpha value is -3.04. The third-order valence-corrected chi connectivity index (χ3v) is 16.0. The van der Waals surface area contributed by atoms with Crippen LogP contribution in [-0.4, -0.2) is 74.1 Å². The van der Waals surface area contributed by atoms with Gasteiger partial charge in [-0.25, -0.2) is 13.4 Å². The van der Waals surface area contributed by atoms with Gasteiger partial charge in [0.2, 0.25) is 26.8 Å². The number of sulfone groups is 1. The number of hydrogen-bond acceptors (Lipinski definition) is 7. The number of fused-ring (bicyclic) bond motifs is 1. The van der Waals surface area contributed by atoms with Crippen molar-refractivity contribution in [2.75, 3.05) is 20.4 Å². The largest absolute Gasteiger partial charge is 0.353 e. The Balaban J connectivity index is 1.99. The van der Waals surface area contributed by atoms with Gasteiger partial charge in [0, 0.05) is 63.1 Å². The molecule has 2 amide bonds. The number of carbonyl (C=O) groups is 2. The molecule has 0 spiro atoms. The summed E-state index contributed by atoms with van der Waals surface area (Å²) < 4.78 is 26.4. The van der Waals surface area contributed by atoms with E-state index in [2.05, 4.69) is 68.3 Å². The fourth-order valence-corrected chi connectivity index (χ4v) is 12.3. The number of nitrogens with zero attached hydrogens (tertiary/aromatic N) is 4. The average Bonchev–Trinajstić information content (AvgIpc) is 2.91. The molecule has 0 aliphatic heterocycles. The molecule has 12 heteroatoms. The van der Waals surface area contributed by atoms with E-state index in [0.29, 0.717) is 53.3 Å². The normalized spacial score (nSPS) is 17.7. The van der Waals surface area contributed by atoms with Gasteiger partial charge < -0.3 is 10.2 Å². The van der Waals surface area contributed by atoms with Crippen LogP contribution >= 0.6 is 0 Å². The topological polar surface area (TPSA) is 131 Å². The van der Waals surface area contributed by atoms with E-state index in [9.17, 15) is 22.8 Å². The van der Waals surface area contributed by atoms with Crippen molar-refractivity contribution in [2.45, 2.75) is 114 Å². The van der Waals surface area contributed by atoms with E-state index < -0.39 is 17.9 Å². The van der Waals surface area contributed by atoms with E-state index >= 15 is 0 Å². The Kier molecular flexibility index (Phi) is 11.0. The highest BCUT2D eigenvalue weighted by molar-refractivity contribution is 7.90. The summed E-state index contributed by atoms with van der Waals surface area (Å²) in [5.41, 5.74) is 5.39. The minimum absolute atomic E-state index is 0.0623. The molecule has 43 heavy (non-hydrogen) atoms. The molecule has 2 aromatic rings. The van der Waals surface area contributed by atoms with Gasteiger partial charge >= 0.3 is 0 Å². The first kappa shape index (κ1) is 34.4. The molecule has 0 unspecified atom stereocenters. The highest BCUT2D eigenvalue weighted by Crippen LogP contribution is 2.41. The van der Waals surface area contributed by atoms with Crippen LogP contribution in [0.2, 0.25) is 16.6 Å². The Morgan fingerprint density at radius 3 is 2.14 bits per heavy atom. The molecule has 0 aromatic carbocycles. The molecule has 1 aliphatic carbocycles. The van der Waals surface area contributed by atoms with Crippen LogP contribution in [0.1, 0.15) is 91.7 Å². The van der Waals surface area contributed by atoms with Gasteiger partial charge in [0.15, 0.2) is 0 Å². The molecule has 2 heterocycles. The van der Waals surface area contributed by atoms with Gasteiger partial charge in [-0.05, 0) is 42.3 Å². The fourth-order valence-electron chi connectivity index (χ4n) is 6.57. The van der Waals surface area contributed by atoms with Crippen molar-refractivity contribution >= 4 is 40.8 Å². The number of nitrogens with one attached hydrogen (secondary N) is 1. The van der Waals surface area contributed by atoms with Crippen molar-refractivity contribution in [3.63, 3.8) is 0 Å². The number of hydrogen-bond donors (Lipinski definition) is 1. The molecule has 2 aromatic heterocycles. The molecule has 0 radical (unpaired) electrons. The lowest BCUT2D eigenvalue weighted by molar-refractivity contribution is -0.131. The fraction of sp³-hybridized carbons (Fsp3) is 0.645. The maximum Gasteiger partial charge on any atom is 0.253 e. The van der Waals surface area contributed by atoms with Crippen LogP contribution in [0.15, 0.2) is 22.2 Å². The molecule has 0 bridgehead atoms. The average molecular weight is 630 g/mol. The predicted molar refractivity (Wildman–Crippen MR) is 172 cm³/mol. The third kappa shape index (κ3) is 7.73. The Morgan fingerprint density at radius 2 is 1.63 bits per heavy atom. The van der Waals surface area contributed by atoms with Gasteiger partial charge in [0.25, 0.3) is 5.56 Å². The first-order valence-corrected chi connectivity index (χ1v) is 19.3. The summed E-state index contributed by atoms with van der Waals surface area (Å²) in [6.45, 7) is 13.3. The number of pyridine rings is 1. The Labute approximate surface area is 257 Å². The number of rotatable bonds is 9. The van der Waals surface area contributed by atoms with Crippen molar-refractivity contribution in [3.8, 4) is 11.5 Å². The molecule has 3 rings (SSSR count). The van der Waals surface area contributed by atoms with Gasteiger partial charge in [-0.2, -0.15) is 4.98 Å². The van der Waals surface area contributed by atoms with Gasteiger partial charge in [-0.1, -0.05) is 47.5 Å². The van der Waals surface area contributed by atoms with E-state index in [1.165, 1.54) is 17.2 Å². The van der Waals surface area contributed by atoms with Crippen molar-refractivity contribution in [1.29, 1.82) is 0 Å². The lowest BCUT2D eigenvalue weighted by atomic mass is 9.90. The van der Waals surface area contributed by atoms with Gasteiger partial charge in [0.05, 0.1) is 5.39 Å². The quantitative estimate of drug-likeness (QED) is 0.249. The zero-order chi connectivity index (χ0) is 32.3. The highest BCUT2D eigenvalue weighted by Gasteiger charge is 2.41.